The van der Waals surface area contributed by atoms with Gasteiger partial charge in [-0.15, -0.1) is 0 Å². The van der Waals surface area contributed by atoms with Crippen LogP contribution in [0.5, 0.6) is 0 Å². The lowest BCUT2D eigenvalue weighted by atomic mass is 10.1. The van der Waals surface area contributed by atoms with Crippen LogP contribution in [0.1, 0.15) is 19.3 Å². The topological polar surface area (TPSA) is 50.1 Å². The number of anilines is 1. The van der Waals surface area contributed by atoms with Gasteiger partial charge in [0.25, 0.3) is 0 Å². The molecule has 1 aromatic heterocycles. The number of rotatable bonds is 3. The van der Waals surface area contributed by atoms with Crippen LogP contribution in [0.4, 0.5) is 5.95 Å². The zero-order chi connectivity index (χ0) is 12.4. The number of piperidine rings is 1. The number of hydrogen-bond donors (Lipinski definition) is 3. The third-order valence-electron chi connectivity index (χ3n) is 4.00. The number of hydrogen-bond acceptors (Lipinski definition) is 1. The van der Waals surface area contributed by atoms with Gasteiger partial charge >= 0.3 is 5.95 Å². The molecular weight excluding hydrogens is 295 g/mol. The van der Waals surface area contributed by atoms with E-state index in [1.807, 2.05) is 6.07 Å². The standard InChI is InChI=1S/C14H20N4.2ClH/c15-14-16-12-6-2-3-7-13(12)18(14)11-10-17-8-4-1-5-9-17;;/h2-3,6-7H,1,4-5,8-11H2,(H2,15,16);2*1H. The third kappa shape index (κ3) is 3.57. The number of nitrogens with two attached hydrogens (primary N) is 1. The second kappa shape index (κ2) is 7.72. The second-order valence-electron chi connectivity index (χ2n) is 5.24. The highest BCUT2D eigenvalue weighted by Gasteiger charge is 2.18. The van der Waals surface area contributed by atoms with Gasteiger partial charge in [-0.2, -0.15) is 0 Å². The maximum Gasteiger partial charge on any atom is 0.353 e. The van der Waals surface area contributed by atoms with Gasteiger partial charge in [-0.3, -0.25) is 5.73 Å². The van der Waals surface area contributed by atoms with Crippen molar-refractivity contribution in [2.75, 3.05) is 25.4 Å². The first-order chi connectivity index (χ1) is 8.84. The minimum Gasteiger partial charge on any atom is -1.00 e. The minimum atomic E-state index is 0. The van der Waals surface area contributed by atoms with Crippen molar-refractivity contribution in [3.05, 3.63) is 24.3 Å². The first-order valence-electron chi connectivity index (χ1n) is 6.94. The first-order valence-corrected chi connectivity index (χ1v) is 6.94. The number of H-pyrrole nitrogens is 1. The summed E-state index contributed by atoms with van der Waals surface area (Å²) in [6.07, 6.45) is 4.17. The van der Waals surface area contributed by atoms with Gasteiger partial charge in [0.2, 0.25) is 0 Å². The van der Waals surface area contributed by atoms with Crippen LogP contribution in [0.25, 0.3) is 11.0 Å². The summed E-state index contributed by atoms with van der Waals surface area (Å²) in [7, 11) is 0. The van der Waals surface area contributed by atoms with E-state index in [0.717, 1.165) is 18.0 Å². The Morgan fingerprint density at radius 2 is 1.80 bits per heavy atom. The molecule has 1 fully saturated rings. The van der Waals surface area contributed by atoms with Crippen molar-refractivity contribution in [2.45, 2.75) is 25.8 Å². The SMILES string of the molecule is Nc1[nH]c2ccccc2[n+]1CC[NH+]1CCCCC1.[Cl-].[Cl-]. The summed E-state index contributed by atoms with van der Waals surface area (Å²) >= 11 is 0. The van der Waals surface area contributed by atoms with Crippen LogP contribution in [0.2, 0.25) is 0 Å². The van der Waals surface area contributed by atoms with E-state index in [2.05, 4.69) is 27.8 Å². The summed E-state index contributed by atoms with van der Waals surface area (Å²) in [5.74, 6) is 0.771. The van der Waals surface area contributed by atoms with E-state index in [1.165, 1.54) is 44.4 Å². The summed E-state index contributed by atoms with van der Waals surface area (Å²) in [6.45, 7) is 4.83. The molecule has 4 N–H and O–H groups in total. The van der Waals surface area contributed by atoms with Crippen LogP contribution >= 0.6 is 0 Å². The molecule has 2 heterocycles. The Hall–Kier alpha value is -0.970. The maximum absolute atomic E-state index is 6.07. The fourth-order valence-electron chi connectivity index (χ4n) is 2.96. The number of benzene rings is 1. The Balaban J connectivity index is 0.000001000. The molecular formula is C14H22Cl2N4. The number of likely N-dealkylation sites (tertiary alicyclic amines) is 1. The van der Waals surface area contributed by atoms with Crippen LogP contribution in [0.15, 0.2) is 24.3 Å². The number of halogens is 2. The van der Waals surface area contributed by atoms with Crippen molar-refractivity contribution in [1.29, 1.82) is 0 Å². The third-order valence-corrected chi connectivity index (χ3v) is 4.00. The molecule has 0 amide bonds. The summed E-state index contributed by atoms with van der Waals surface area (Å²) in [5.41, 5.74) is 8.41. The summed E-state index contributed by atoms with van der Waals surface area (Å²) in [5, 5.41) is 0. The second-order valence-corrected chi connectivity index (χ2v) is 5.24. The fourth-order valence-corrected chi connectivity index (χ4v) is 2.96. The Morgan fingerprint density at radius 3 is 2.55 bits per heavy atom. The predicted molar refractivity (Wildman–Crippen MR) is 72.3 cm³/mol. The average molecular weight is 317 g/mol. The van der Waals surface area contributed by atoms with E-state index >= 15 is 0 Å². The van der Waals surface area contributed by atoms with Gasteiger partial charge in [-0.05, 0) is 31.4 Å². The van der Waals surface area contributed by atoms with Crippen molar-refractivity contribution in [1.82, 2.24) is 4.98 Å². The number of aromatic amines is 1. The smallest absolute Gasteiger partial charge is 0.353 e. The number of nitrogens with zero attached hydrogens (tertiary/aromatic N) is 1. The molecule has 4 nitrogen and oxygen atoms in total. The highest BCUT2D eigenvalue weighted by molar-refractivity contribution is 5.72. The van der Waals surface area contributed by atoms with Gasteiger partial charge < -0.3 is 29.7 Å². The normalized spacial score (nSPS) is 15.6. The van der Waals surface area contributed by atoms with E-state index in [4.69, 9.17) is 5.73 Å². The molecule has 0 bridgehead atoms. The van der Waals surface area contributed by atoms with Gasteiger partial charge in [-0.1, -0.05) is 12.1 Å². The molecule has 0 aliphatic carbocycles. The van der Waals surface area contributed by atoms with Crippen LogP contribution < -0.4 is 40.0 Å². The molecule has 2 aromatic rings. The number of nitrogen functional groups attached to an aromatic ring is 1. The van der Waals surface area contributed by atoms with E-state index in [-0.39, 0.29) is 24.8 Å². The molecule has 1 saturated heterocycles. The number of nitrogens with one attached hydrogen (secondary N) is 2. The van der Waals surface area contributed by atoms with Gasteiger partial charge in [0.1, 0.15) is 24.1 Å². The van der Waals surface area contributed by atoms with Crippen LogP contribution in [0.3, 0.4) is 0 Å². The molecule has 0 saturated carbocycles. The monoisotopic (exact) mass is 316 g/mol. The quantitative estimate of drug-likeness (QED) is 0.485. The molecule has 0 atom stereocenters. The van der Waals surface area contributed by atoms with Gasteiger partial charge in [0.15, 0.2) is 0 Å². The summed E-state index contributed by atoms with van der Waals surface area (Å²) in [6, 6.07) is 8.32. The number of para-hydroxylation sites is 2. The molecule has 112 valence electrons. The average Bonchev–Trinajstić information content (AvgIpc) is 2.73. The lowest BCUT2D eigenvalue weighted by Gasteiger charge is -2.22. The van der Waals surface area contributed by atoms with E-state index < -0.39 is 0 Å². The van der Waals surface area contributed by atoms with E-state index in [0.29, 0.717) is 0 Å². The van der Waals surface area contributed by atoms with Crippen molar-refractivity contribution in [2.24, 2.45) is 0 Å². The van der Waals surface area contributed by atoms with Gasteiger partial charge in [-0.25, -0.2) is 9.55 Å². The number of imidazole rings is 1. The zero-order valence-electron chi connectivity index (χ0n) is 11.5. The highest BCUT2D eigenvalue weighted by Crippen LogP contribution is 2.09. The molecule has 1 aliphatic heterocycles. The van der Waals surface area contributed by atoms with Gasteiger partial charge in [0, 0.05) is 0 Å². The van der Waals surface area contributed by atoms with Crippen LogP contribution in [-0.4, -0.2) is 24.6 Å². The number of fused-ring (bicyclic) bond motifs is 1. The molecule has 20 heavy (non-hydrogen) atoms. The zero-order valence-corrected chi connectivity index (χ0v) is 13.1. The van der Waals surface area contributed by atoms with Crippen LogP contribution in [0, 0.1) is 0 Å². The molecule has 6 heteroatoms. The summed E-state index contributed by atoms with van der Waals surface area (Å²) < 4.78 is 2.21. The lowest BCUT2D eigenvalue weighted by Crippen LogP contribution is -3.13. The van der Waals surface area contributed by atoms with Crippen molar-refractivity contribution in [3.63, 3.8) is 0 Å². The summed E-state index contributed by atoms with van der Waals surface area (Å²) in [4.78, 5) is 4.97. The van der Waals surface area contributed by atoms with Crippen molar-refractivity contribution in [3.8, 4) is 0 Å². The Morgan fingerprint density at radius 1 is 1.10 bits per heavy atom. The largest absolute Gasteiger partial charge is 1.00 e. The van der Waals surface area contributed by atoms with Crippen LogP contribution in [-0.2, 0) is 6.54 Å². The Kier molecular flexibility index (Phi) is 6.59. The maximum atomic E-state index is 6.07. The Bertz CT molecular complexity index is 535. The molecule has 0 radical (unpaired) electrons. The first kappa shape index (κ1) is 17.1. The molecule has 0 spiro atoms. The molecule has 0 unspecified atom stereocenters. The number of quaternary nitrogens is 1. The van der Waals surface area contributed by atoms with Gasteiger partial charge in [0.05, 0.1) is 13.1 Å². The van der Waals surface area contributed by atoms with E-state index in [9.17, 15) is 0 Å². The fraction of sp³-hybridized carbons (Fsp3) is 0.500. The molecule has 1 aromatic carbocycles. The Labute approximate surface area is 132 Å². The van der Waals surface area contributed by atoms with E-state index in [1.54, 1.807) is 4.90 Å². The molecule has 1 aliphatic rings. The number of aromatic nitrogens is 2. The minimum absolute atomic E-state index is 0. The predicted octanol–water partition coefficient (Wildman–Crippen LogP) is -5.89. The molecule has 3 rings (SSSR count). The van der Waals surface area contributed by atoms with Crippen molar-refractivity contribution >= 4 is 17.0 Å². The lowest BCUT2D eigenvalue weighted by molar-refractivity contribution is -0.921. The van der Waals surface area contributed by atoms with Crippen molar-refractivity contribution < 1.29 is 34.3 Å². The highest BCUT2D eigenvalue weighted by atomic mass is 35.5.